The molecule has 126 valence electrons. The average molecular weight is 331 g/mol. The van der Waals surface area contributed by atoms with E-state index in [2.05, 4.69) is 15.6 Å². The second kappa shape index (κ2) is 7.40. The monoisotopic (exact) mass is 331 g/mol. The van der Waals surface area contributed by atoms with Gasteiger partial charge in [-0.1, -0.05) is 18.2 Å². The molecule has 1 aromatic carbocycles. The summed E-state index contributed by atoms with van der Waals surface area (Å²) in [5.41, 5.74) is 2.93. The minimum absolute atomic E-state index is 0.349. The lowest BCUT2D eigenvalue weighted by molar-refractivity contribution is 0.447. The smallest absolute Gasteiger partial charge is 0.135 e. The van der Waals surface area contributed by atoms with E-state index in [4.69, 9.17) is 9.97 Å². The Morgan fingerprint density at radius 1 is 1.04 bits per heavy atom. The van der Waals surface area contributed by atoms with Crippen LogP contribution in [0.15, 0.2) is 60.9 Å². The highest BCUT2D eigenvalue weighted by molar-refractivity contribution is 5.65. The maximum Gasteiger partial charge on any atom is 0.135 e. The van der Waals surface area contributed by atoms with Gasteiger partial charge in [0, 0.05) is 42.2 Å². The van der Waals surface area contributed by atoms with E-state index in [-0.39, 0.29) is 0 Å². The van der Waals surface area contributed by atoms with Crippen molar-refractivity contribution in [2.45, 2.75) is 18.8 Å². The zero-order valence-electron chi connectivity index (χ0n) is 14.0. The molecule has 25 heavy (non-hydrogen) atoms. The van der Waals surface area contributed by atoms with Crippen LogP contribution < -0.4 is 10.6 Å². The van der Waals surface area contributed by atoms with Gasteiger partial charge in [-0.05, 0) is 43.7 Å². The highest BCUT2D eigenvalue weighted by atomic mass is 15.0. The van der Waals surface area contributed by atoms with Crippen molar-refractivity contribution < 1.29 is 0 Å². The summed E-state index contributed by atoms with van der Waals surface area (Å²) in [6.07, 6.45) is 5.90. The van der Waals surface area contributed by atoms with E-state index in [1.54, 1.807) is 6.20 Å². The molecule has 1 aliphatic heterocycles. The number of rotatable bonds is 4. The standard InChI is InChI=1S/C20H21N5/c1-2-8-17(9-3-1)23-19-12-18(15-6-4-10-21-13-15)24-20(25-19)16-7-5-11-22-14-16/h1-4,6,8-10,12-13,16,22H,5,7,11,14H2,(H,23,24,25)/t16-/m1/s1. The summed E-state index contributed by atoms with van der Waals surface area (Å²) >= 11 is 0. The number of hydrogen-bond donors (Lipinski definition) is 2. The fourth-order valence-electron chi connectivity index (χ4n) is 3.12. The van der Waals surface area contributed by atoms with E-state index in [9.17, 15) is 0 Å². The number of nitrogens with one attached hydrogen (secondary N) is 2. The van der Waals surface area contributed by atoms with Crippen LogP contribution in [0.2, 0.25) is 0 Å². The SMILES string of the molecule is c1ccc(Nc2cc(-c3cccnc3)nc([C@@H]3CCCNC3)n2)cc1. The van der Waals surface area contributed by atoms with Crippen molar-refractivity contribution in [3.05, 3.63) is 66.7 Å². The van der Waals surface area contributed by atoms with Crippen LogP contribution in [-0.2, 0) is 0 Å². The van der Waals surface area contributed by atoms with Crippen LogP contribution >= 0.6 is 0 Å². The maximum absolute atomic E-state index is 4.84. The van der Waals surface area contributed by atoms with Gasteiger partial charge >= 0.3 is 0 Å². The highest BCUT2D eigenvalue weighted by Crippen LogP contribution is 2.26. The Bertz CT molecular complexity index is 814. The summed E-state index contributed by atoms with van der Waals surface area (Å²) in [6, 6.07) is 16.1. The molecule has 3 heterocycles. The normalized spacial score (nSPS) is 17.2. The van der Waals surface area contributed by atoms with Crippen LogP contribution in [0.3, 0.4) is 0 Å². The predicted molar refractivity (Wildman–Crippen MR) is 99.8 cm³/mol. The molecule has 1 atom stereocenters. The summed E-state index contributed by atoms with van der Waals surface area (Å²) < 4.78 is 0. The molecule has 2 N–H and O–H groups in total. The van der Waals surface area contributed by atoms with Crippen molar-refractivity contribution in [3.63, 3.8) is 0 Å². The number of para-hydroxylation sites is 1. The summed E-state index contributed by atoms with van der Waals surface area (Å²) in [5.74, 6) is 2.06. The molecule has 1 fully saturated rings. The molecule has 5 heteroatoms. The van der Waals surface area contributed by atoms with Gasteiger partial charge in [0.2, 0.25) is 0 Å². The van der Waals surface area contributed by atoms with Gasteiger partial charge < -0.3 is 10.6 Å². The van der Waals surface area contributed by atoms with Crippen molar-refractivity contribution in [3.8, 4) is 11.3 Å². The third-order valence-electron chi connectivity index (χ3n) is 4.41. The van der Waals surface area contributed by atoms with Gasteiger partial charge in [-0.2, -0.15) is 0 Å². The Hall–Kier alpha value is -2.79. The second-order valence-corrected chi connectivity index (χ2v) is 6.27. The molecule has 1 saturated heterocycles. The summed E-state index contributed by atoms with van der Waals surface area (Å²) in [6.45, 7) is 2.01. The molecule has 0 saturated carbocycles. The molecule has 0 unspecified atom stereocenters. The number of piperidine rings is 1. The van der Waals surface area contributed by atoms with Crippen molar-refractivity contribution in [1.82, 2.24) is 20.3 Å². The zero-order valence-corrected chi connectivity index (χ0v) is 14.0. The van der Waals surface area contributed by atoms with Gasteiger partial charge in [0.15, 0.2) is 0 Å². The van der Waals surface area contributed by atoms with E-state index >= 15 is 0 Å². The zero-order chi connectivity index (χ0) is 16.9. The lowest BCUT2D eigenvalue weighted by atomic mass is 9.98. The summed E-state index contributed by atoms with van der Waals surface area (Å²) in [7, 11) is 0. The molecule has 0 bridgehead atoms. The first-order valence-electron chi connectivity index (χ1n) is 8.71. The fourth-order valence-corrected chi connectivity index (χ4v) is 3.12. The van der Waals surface area contributed by atoms with Gasteiger partial charge in [-0.25, -0.2) is 9.97 Å². The maximum atomic E-state index is 4.84. The molecular formula is C20H21N5. The molecule has 0 radical (unpaired) electrons. The van der Waals surface area contributed by atoms with E-state index in [0.717, 1.165) is 54.5 Å². The van der Waals surface area contributed by atoms with E-state index in [1.807, 2.05) is 54.7 Å². The van der Waals surface area contributed by atoms with Crippen molar-refractivity contribution in [1.29, 1.82) is 0 Å². The van der Waals surface area contributed by atoms with Crippen LogP contribution in [0.1, 0.15) is 24.6 Å². The molecular weight excluding hydrogens is 310 g/mol. The Morgan fingerprint density at radius 3 is 2.72 bits per heavy atom. The van der Waals surface area contributed by atoms with Crippen LogP contribution in [0.5, 0.6) is 0 Å². The van der Waals surface area contributed by atoms with Crippen LogP contribution in [0.25, 0.3) is 11.3 Å². The van der Waals surface area contributed by atoms with Crippen LogP contribution in [0, 0.1) is 0 Å². The van der Waals surface area contributed by atoms with E-state index < -0.39 is 0 Å². The second-order valence-electron chi connectivity index (χ2n) is 6.27. The number of aromatic nitrogens is 3. The summed E-state index contributed by atoms with van der Waals surface area (Å²) in [5, 5.41) is 6.85. The summed E-state index contributed by atoms with van der Waals surface area (Å²) in [4.78, 5) is 13.9. The Balaban J connectivity index is 1.72. The van der Waals surface area contributed by atoms with Gasteiger partial charge in [0.1, 0.15) is 11.6 Å². The first kappa shape index (κ1) is 15.7. The van der Waals surface area contributed by atoms with Crippen molar-refractivity contribution in [2.75, 3.05) is 18.4 Å². The molecule has 3 aromatic rings. The highest BCUT2D eigenvalue weighted by Gasteiger charge is 2.19. The third kappa shape index (κ3) is 3.83. The number of hydrogen-bond acceptors (Lipinski definition) is 5. The van der Waals surface area contributed by atoms with E-state index in [1.165, 1.54) is 0 Å². The van der Waals surface area contributed by atoms with Crippen molar-refractivity contribution in [2.24, 2.45) is 0 Å². The largest absolute Gasteiger partial charge is 0.340 e. The molecule has 0 spiro atoms. The van der Waals surface area contributed by atoms with Gasteiger partial charge in [-0.3, -0.25) is 4.98 Å². The lowest BCUT2D eigenvalue weighted by Crippen LogP contribution is -2.29. The molecule has 0 amide bonds. The van der Waals surface area contributed by atoms with Crippen molar-refractivity contribution >= 4 is 11.5 Å². The Kier molecular flexibility index (Phi) is 4.65. The average Bonchev–Trinajstić information content (AvgIpc) is 2.70. The number of benzene rings is 1. The minimum atomic E-state index is 0.349. The molecule has 5 nitrogen and oxygen atoms in total. The number of nitrogens with zero attached hydrogens (tertiary/aromatic N) is 3. The van der Waals surface area contributed by atoms with Crippen LogP contribution in [-0.4, -0.2) is 28.0 Å². The van der Waals surface area contributed by atoms with Gasteiger partial charge in [0.25, 0.3) is 0 Å². The predicted octanol–water partition coefficient (Wildman–Crippen LogP) is 3.75. The number of anilines is 2. The Morgan fingerprint density at radius 2 is 1.96 bits per heavy atom. The van der Waals surface area contributed by atoms with Gasteiger partial charge in [-0.15, -0.1) is 0 Å². The van der Waals surface area contributed by atoms with E-state index in [0.29, 0.717) is 5.92 Å². The molecule has 2 aromatic heterocycles. The first-order valence-corrected chi connectivity index (χ1v) is 8.71. The first-order chi connectivity index (χ1) is 12.4. The topological polar surface area (TPSA) is 62.7 Å². The molecule has 0 aliphatic carbocycles. The quantitative estimate of drug-likeness (QED) is 0.762. The lowest BCUT2D eigenvalue weighted by Gasteiger charge is -2.22. The molecule has 4 rings (SSSR count). The minimum Gasteiger partial charge on any atom is -0.340 e. The molecule has 1 aliphatic rings. The fraction of sp³-hybridized carbons (Fsp3) is 0.250. The third-order valence-corrected chi connectivity index (χ3v) is 4.41. The number of pyridine rings is 1. The Labute approximate surface area is 147 Å². The van der Waals surface area contributed by atoms with Crippen LogP contribution in [0.4, 0.5) is 11.5 Å². The van der Waals surface area contributed by atoms with Gasteiger partial charge in [0.05, 0.1) is 5.69 Å².